The van der Waals surface area contributed by atoms with Crippen molar-refractivity contribution >= 4 is 22.7 Å². The van der Waals surface area contributed by atoms with Crippen LogP contribution in [0.1, 0.15) is 53.8 Å². The van der Waals surface area contributed by atoms with Gasteiger partial charge in [0.1, 0.15) is 0 Å². The Hall–Kier alpha value is -3.56. The zero-order chi connectivity index (χ0) is 29.6. The summed E-state index contributed by atoms with van der Waals surface area (Å²) in [5, 5.41) is 4.51. The van der Waals surface area contributed by atoms with Gasteiger partial charge >= 0.3 is 0 Å². The minimum atomic E-state index is -0.0334. The molecule has 2 aliphatic rings. The second-order valence-corrected chi connectivity index (χ2v) is 11.7. The number of carbonyl (C=O) groups is 2. The van der Waals surface area contributed by atoms with Crippen molar-refractivity contribution in [2.45, 2.75) is 45.2 Å². The van der Waals surface area contributed by atoms with Crippen LogP contribution in [0.5, 0.6) is 11.5 Å². The molecule has 1 saturated carbocycles. The van der Waals surface area contributed by atoms with Crippen molar-refractivity contribution in [3.8, 4) is 11.5 Å². The summed E-state index contributed by atoms with van der Waals surface area (Å²) in [5.41, 5.74) is 2.28. The minimum Gasteiger partial charge on any atom is -0.493 e. The van der Waals surface area contributed by atoms with Crippen molar-refractivity contribution < 1.29 is 23.8 Å². The molecule has 2 atom stereocenters. The molecule has 2 heterocycles. The van der Waals surface area contributed by atoms with Gasteiger partial charge in [-0.25, -0.2) is 0 Å². The maximum absolute atomic E-state index is 13.9. The number of methoxy groups -OCH3 is 2. The summed E-state index contributed by atoms with van der Waals surface area (Å²) in [5.74, 6) is 1.70. The first-order chi connectivity index (χ1) is 20.4. The van der Waals surface area contributed by atoms with Gasteiger partial charge in [-0.2, -0.15) is 0 Å². The predicted molar refractivity (Wildman–Crippen MR) is 163 cm³/mol. The largest absolute Gasteiger partial charge is 0.493 e. The lowest BCUT2D eigenvalue weighted by Gasteiger charge is -2.33. The topological polar surface area (TPSA) is 96.1 Å². The minimum absolute atomic E-state index is 0.0133. The molecule has 0 bridgehead atoms. The van der Waals surface area contributed by atoms with Gasteiger partial charge in [-0.3, -0.25) is 9.59 Å². The molecule has 2 aromatic carbocycles. The van der Waals surface area contributed by atoms with Gasteiger partial charge in [0.25, 0.3) is 11.8 Å². The van der Waals surface area contributed by atoms with Crippen LogP contribution < -0.4 is 14.8 Å². The lowest BCUT2D eigenvalue weighted by atomic mass is 9.93. The van der Waals surface area contributed by atoms with E-state index in [0.29, 0.717) is 43.4 Å². The van der Waals surface area contributed by atoms with Gasteiger partial charge in [0.15, 0.2) is 11.5 Å². The summed E-state index contributed by atoms with van der Waals surface area (Å²) in [4.78, 5) is 34.9. The van der Waals surface area contributed by atoms with E-state index in [2.05, 4.69) is 29.0 Å². The van der Waals surface area contributed by atoms with Gasteiger partial charge < -0.3 is 34.3 Å². The van der Waals surface area contributed by atoms with E-state index in [1.807, 2.05) is 35.4 Å². The zero-order valence-corrected chi connectivity index (χ0v) is 25.2. The molecule has 3 aromatic rings. The van der Waals surface area contributed by atoms with Crippen molar-refractivity contribution in [1.29, 1.82) is 0 Å². The van der Waals surface area contributed by atoms with Crippen LogP contribution in [0, 0.1) is 11.8 Å². The predicted octanol–water partition coefficient (Wildman–Crippen LogP) is 4.58. The summed E-state index contributed by atoms with van der Waals surface area (Å²) >= 11 is 0. The van der Waals surface area contributed by atoms with Crippen molar-refractivity contribution in [1.82, 2.24) is 20.1 Å². The van der Waals surface area contributed by atoms with Crippen molar-refractivity contribution in [2.75, 3.05) is 53.6 Å². The molecule has 9 nitrogen and oxygen atoms in total. The molecule has 0 spiro atoms. The molecule has 1 saturated heterocycles. The fraction of sp³-hybridized carbons (Fsp3) is 0.515. The molecule has 1 aliphatic heterocycles. The average molecular weight is 577 g/mol. The van der Waals surface area contributed by atoms with E-state index in [4.69, 9.17) is 14.2 Å². The number of H-pyrrole nitrogens is 1. The molecule has 0 radical (unpaired) electrons. The number of nitrogens with one attached hydrogen (secondary N) is 2. The summed E-state index contributed by atoms with van der Waals surface area (Å²) < 4.78 is 16.5. The number of fused-ring (bicyclic) bond motifs is 1. The molecular formula is C33H44N4O5. The number of aromatic amines is 1. The lowest BCUT2D eigenvalue weighted by Crippen LogP contribution is -2.45. The van der Waals surface area contributed by atoms with Crippen LogP contribution in [-0.2, 0) is 4.74 Å². The molecule has 2 fully saturated rings. The zero-order valence-electron chi connectivity index (χ0n) is 25.2. The summed E-state index contributed by atoms with van der Waals surface area (Å²) in [6.07, 6.45) is 4.68. The fourth-order valence-electron chi connectivity index (χ4n) is 5.91. The molecule has 42 heavy (non-hydrogen) atoms. The van der Waals surface area contributed by atoms with Gasteiger partial charge in [0.2, 0.25) is 0 Å². The third-order valence-corrected chi connectivity index (χ3v) is 8.46. The van der Waals surface area contributed by atoms with Gasteiger partial charge in [0.05, 0.1) is 19.3 Å². The summed E-state index contributed by atoms with van der Waals surface area (Å²) in [6, 6.07) is 13.6. The number of hydrogen-bond donors (Lipinski definition) is 2. The summed E-state index contributed by atoms with van der Waals surface area (Å²) in [6.45, 7) is 8.13. The van der Waals surface area contributed by atoms with Crippen LogP contribution >= 0.6 is 0 Å². The molecular weight excluding hydrogens is 532 g/mol. The molecule has 5 rings (SSSR count). The maximum Gasteiger partial charge on any atom is 0.256 e. The van der Waals surface area contributed by atoms with Gasteiger partial charge in [-0.15, -0.1) is 0 Å². The number of para-hydroxylation sites is 1. The molecule has 0 unspecified atom stereocenters. The van der Waals surface area contributed by atoms with Crippen LogP contribution in [0.25, 0.3) is 10.9 Å². The number of aromatic nitrogens is 1. The normalized spacial score (nSPS) is 18.4. The van der Waals surface area contributed by atoms with Gasteiger partial charge in [0, 0.05) is 81.1 Å². The van der Waals surface area contributed by atoms with Crippen molar-refractivity contribution in [2.24, 2.45) is 11.8 Å². The van der Waals surface area contributed by atoms with Crippen LogP contribution in [0.4, 0.5) is 0 Å². The third-order valence-electron chi connectivity index (χ3n) is 8.46. The van der Waals surface area contributed by atoms with Crippen LogP contribution in [0.15, 0.2) is 48.7 Å². The molecule has 1 aromatic heterocycles. The third kappa shape index (κ3) is 6.73. The number of rotatable bonds is 14. The maximum atomic E-state index is 13.9. The van der Waals surface area contributed by atoms with E-state index < -0.39 is 0 Å². The Morgan fingerprint density at radius 2 is 1.71 bits per heavy atom. The standard InChI is InChI=1S/C33H44N4O5/c1-22(2)36(32(38)23-10-13-30(41-4)31(16-23)42-15-7-14-40-3)20-24-17-34-18-25(24)21-37(26-11-12-26)33(39)28-19-35-29-9-6-5-8-27(28)29/h5-6,8-10,13,16,19,22,24-26,34-35H,7,11-12,14-15,17-18,20-21H2,1-4H3/t24-,25+/m1/s1. The smallest absolute Gasteiger partial charge is 0.256 e. The van der Waals surface area contributed by atoms with Crippen LogP contribution in [0.3, 0.4) is 0 Å². The van der Waals surface area contributed by atoms with E-state index in [0.717, 1.165) is 48.8 Å². The van der Waals surface area contributed by atoms with E-state index >= 15 is 0 Å². The highest BCUT2D eigenvalue weighted by Crippen LogP contribution is 2.33. The molecule has 9 heteroatoms. The Bertz CT molecular complexity index is 1370. The average Bonchev–Trinajstić information content (AvgIpc) is 3.59. The molecule has 2 amide bonds. The number of nitrogens with zero attached hydrogens (tertiary/aromatic N) is 2. The second-order valence-electron chi connectivity index (χ2n) is 11.7. The first-order valence-corrected chi connectivity index (χ1v) is 15.1. The van der Waals surface area contributed by atoms with E-state index in [9.17, 15) is 9.59 Å². The summed E-state index contributed by atoms with van der Waals surface area (Å²) in [7, 11) is 3.26. The quantitative estimate of drug-likeness (QED) is 0.273. The first kappa shape index (κ1) is 29.9. The highest BCUT2D eigenvalue weighted by molar-refractivity contribution is 6.06. The highest BCUT2D eigenvalue weighted by Gasteiger charge is 2.39. The van der Waals surface area contributed by atoms with E-state index in [1.54, 1.807) is 32.4 Å². The SMILES string of the molecule is COCCCOc1cc(C(=O)N(C[C@H]2CNC[C@H]2CN(C(=O)c2c[nH]c3ccccc23)C2CC2)C(C)C)ccc1OC. The Morgan fingerprint density at radius 3 is 2.43 bits per heavy atom. The molecule has 1 aliphatic carbocycles. The Morgan fingerprint density at radius 1 is 0.952 bits per heavy atom. The highest BCUT2D eigenvalue weighted by atomic mass is 16.5. The monoisotopic (exact) mass is 576 g/mol. The van der Waals surface area contributed by atoms with Crippen molar-refractivity contribution in [3.05, 3.63) is 59.8 Å². The lowest BCUT2D eigenvalue weighted by molar-refractivity contribution is 0.0613. The van der Waals surface area contributed by atoms with Crippen LogP contribution in [-0.4, -0.2) is 92.3 Å². The number of benzene rings is 2. The number of amides is 2. The van der Waals surface area contributed by atoms with Crippen LogP contribution in [0.2, 0.25) is 0 Å². The second kappa shape index (κ2) is 13.6. The Labute approximate surface area is 248 Å². The number of ether oxygens (including phenoxy) is 3. The van der Waals surface area contributed by atoms with Crippen molar-refractivity contribution in [3.63, 3.8) is 0 Å². The molecule has 2 N–H and O–H groups in total. The Balaban J connectivity index is 1.29. The fourth-order valence-corrected chi connectivity index (χ4v) is 5.91. The van der Waals surface area contributed by atoms with E-state index in [1.165, 1.54) is 0 Å². The molecule has 226 valence electrons. The van der Waals surface area contributed by atoms with E-state index in [-0.39, 0.29) is 35.7 Å². The number of hydrogen-bond acceptors (Lipinski definition) is 6. The first-order valence-electron chi connectivity index (χ1n) is 15.1. The number of carbonyl (C=O) groups excluding carboxylic acids is 2. The Kier molecular flexibility index (Phi) is 9.69. The van der Waals surface area contributed by atoms with Gasteiger partial charge in [-0.05, 0) is 62.8 Å². The van der Waals surface area contributed by atoms with Gasteiger partial charge in [-0.1, -0.05) is 18.2 Å².